The predicted octanol–water partition coefficient (Wildman–Crippen LogP) is 3.07. The number of nitrogens with two attached hydrogens (primary N) is 1. The van der Waals surface area contributed by atoms with Crippen molar-refractivity contribution >= 4 is 42.8 Å². The molecule has 90 valence electrons. The molecule has 0 atom stereocenters. The number of benzene rings is 1. The molecule has 0 bridgehead atoms. The van der Waals surface area contributed by atoms with Gasteiger partial charge in [-0.1, -0.05) is 22.0 Å². The first-order valence-electron chi connectivity index (χ1n) is 4.78. The van der Waals surface area contributed by atoms with Crippen LogP contribution in [0.5, 0.6) is 0 Å². The quantitative estimate of drug-likeness (QED) is 0.879. The number of sulfone groups is 1. The van der Waals surface area contributed by atoms with E-state index < -0.39 is 9.84 Å². The molecule has 0 aliphatic carbocycles. The second-order valence-electron chi connectivity index (χ2n) is 3.58. The third-order valence-electron chi connectivity index (χ3n) is 2.14. The van der Waals surface area contributed by atoms with Crippen molar-refractivity contribution in [3.8, 4) is 0 Å². The minimum Gasteiger partial charge on any atom is -0.399 e. The lowest BCUT2D eigenvalue weighted by Gasteiger charge is -2.04. The Morgan fingerprint density at radius 1 is 1.29 bits per heavy atom. The van der Waals surface area contributed by atoms with Gasteiger partial charge in [0.15, 0.2) is 9.84 Å². The normalized spacial score (nSPS) is 11.6. The van der Waals surface area contributed by atoms with E-state index in [-0.39, 0.29) is 5.75 Å². The van der Waals surface area contributed by atoms with Gasteiger partial charge in [-0.15, -0.1) is 11.3 Å². The van der Waals surface area contributed by atoms with Gasteiger partial charge in [0.1, 0.15) is 4.21 Å². The van der Waals surface area contributed by atoms with E-state index in [2.05, 4.69) is 15.9 Å². The highest BCUT2D eigenvalue weighted by atomic mass is 79.9. The molecule has 1 aromatic heterocycles. The lowest BCUT2D eigenvalue weighted by Crippen LogP contribution is -2.03. The molecule has 0 fully saturated rings. The molecule has 1 heterocycles. The van der Waals surface area contributed by atoms with E-state index in [1.54, 1.807) is 35.7 Å². The van der Waals surface area contributed by atoms with Crippen molar-refractivity contribution in [2.24, 2.45) is 0 Å². The van der Waals surface area contributed by atoms with E-state index >= 15 is 0 Å². The van der Waals surface area contributed by atoms with Crippen LogP contribution < -0.4 is 5.73 Å². The van der Waals surface area contributed by atoms with Gasteiger partial charge in [-0.25, -0.2) is 8.42 Å². The maximum Gasteiger partial charge on any atom is 0.191 e. The average molecular weight is 332 g/mol. The molecule has 0 amide bonds. The Hall–Kier alpha value is -0.850. The first kappa shape index (κ1) is 12.6. The molecule has 1 aromatic carbocycles. The molecule has 0 saturated heterocycles. The summed E-state index contributed by atoms with van der Waals surface area (Å²) in [4.78, 5) is 0. The van der Waals surface area contributed by atoms with Crippen LogP contribution in [-0.2, 0) is 15.6 Å². The number of anilines is 1. The molecule has 2 N–H and O–H groups in total. The maximum absolute atomic E-state index is 12.0. The van der Waals surface area contributed by atoms with Crippen LogP contribution in [0.15, 0.2) is 44.4 Å². The van der Waals surface area contributed by atoms with E-state index in [0.29, 0.717) is 15.5 Å². The topological polar surface area (TPSA) is 60.2 Å². The molecule has 0 radical (unpaired) electrons. The molecule has 3 nitrogen and oxygen atoms in total. The van der Waals surface area contributed by atoms with Crippen molar-refractivity contribution in [2.45, 2.75) is 9.96 Å². The van der Waals surface area contributed by atoms with E-state index in [1.807, 2.05) is 0 Å². The van der Waals surface area contributed by atoms with Gasteiger partial charge in [-0.3, -0.25) is 0 Å². The number of thiophene rings is 1. The van der Waals surface area contributed by atoms with Crippen LogP contribution >= 0.6 is 27.3 Å². The van der Waals surface area contributed by atoms with Gasteiger partial charge in [-0.05, 0) is 35.2 Å². The summed E-state index contributed by atoms with van der Waals surface area (Å²) < 4.78 is 25.3. The van der Waals surface area contributed by atoms with Crippen LogP contribution in [0.4, 0.5) is 5.69 Å². The lowest BCUT2D eigenvalue weighted by atomic mass is 10.2. The number of hydrogen-bond acceptors (Lipinski definition) is 4. The molecule has 6 heteroatoms. The third-order valence-corrected chi connectivity index (χ3v) is 5.77. The van der Waals surface area contributed by atoms with E-state index in [0.717, 1.165) is 4.47 Å². The summed E-state index contributed by atoms with van der Waals surface area (Å²) in [6, 6.07) is 8.52. The van der Waals surface area contributed by atoms with Crippen molar-refractivity contribution in [3.63, 3.8) is 0 Å². The van der Waals surface area contributed by atoms with Crippen LogP contribution in [0.1, 0.15) is 5.56 Å². The van der Waals surface area contributed by atoms with Gasteiger partial charge in [0.25, 0.3) is 0 Å². The molecular formula is C11H10BrNO2S2. The van der Waals surface area contributed by atoms with Crippen LogP contribution in [0.3, 0.4) is 0 Å². The number of halogens is 1. The molecule has 17 heavy (non-hydrogen) atoms. The minimum atomic E-state index is -3.26. The lowest BCUT2D eigenvalue weighted by molar-refractivity contribution is 0.597. The summed E-state index contributed by atoms with van der Waals surface area (Å²) in [6.45, 7) is 0. The Bertz CT molecular complexity index is 601. The summed E-state index contributed by atoms with van der Waals surface area (Å²) in [5.74, 6) is -0.0306. The number of rotatable bonds is 3. The standard InChI is InChI=1S/C11H10BrNO2S2/c12-9-4-8(5-10(13)6-9)7-17(14,15)11-2-1-3-16-11/h1-6H,7,13H2. The second kappa shape index (κ2) is 4.80. The van der Waals surface area contributed by atoms with Gasteiger partial charge in [0, 0.05) is 10.2 Å². The van der Waals surface area contributed by atoms with E-state index in [9.17, 15) is 8.42 Å². The van der Waals surface area contributed by atoms with Gasteiger partial charge >= 0.3 is 0 Å². The zero-order valence-electron chi connectivity index (χ0n) is 8.76. The van der Waals surface area contributed by atoms with Crippen molar-refractivity contribution in [3.05, 3.63) is 45.7 Å². The highest BCUT2D eigenvalue weighted by Crippen LogP contribution is 2.24. The van der Waals surface area contributed by atoms with Crippen LogP contribution in [0.25, 0.3) is 0 Å². The van der Waals surface area contributed by atoms with E-state index in [4.69, 9.17) is 5.73 Å². The van der Waals surface area contributed by atoms with Crippen molar-refractivity contribution in [1.82, 2.24) is 0 Å². The predicted molar refractivity (Wildman–Crippen MR) is 73.8 cm³/mol. The second-order valence-corrected chi connectivity index (χ2v) is 7.66. The number of hydrogen-bond donors (Lipinski definition) is 1. The first-order chi connectivity index (χ1) is 7.97. The fourth-order valence-corrected chi connectivity index (χ4v) is 4.46. The molecule has 0 saturated carbocycles. The van der Waals surface area contributed by atoms with Crippen LogP contribution in [0, 0.1) is 0 Å². The van der Waals surface area contributed by atoms with Gasteiger partial charge < -0.3 is 5.73 Å². The zero-order chi connectivity index (χ0) is 12.5. The maximum atomic E-state index is 12.0. The Labute approximate surface area is 112 Å². The third kappa shape index (κ3) is 3.08. The highest BCUT2D eigenvalue weighted by molar-refractivity contribution is 9.10. The summed E-state index contributed by atoms with van der Waals surface area (Å²) in [7, 11) is -3.26. The van der Waals surface area contributed by atoms with Crippen LogP contribution in [0.2, 0.25) is 0 Å². The minimum absolute atomic E-state index is 0.0306. The van der Waals surface area contributed by atoms with Gasteiger partial charge in [0.2, 0.25) is 0 Å². The largest absolute Gasteiger partial charge is 0.399 e. The average Bonchev–Trinajstić information content (AvgIpc) is 2.67. The number of nitrogen functional groups attached to an aromatic ring is 1. The zero-order valence-corrected chi connectivity index (χ0v) is 12.0. The molecule has 0 aliphatic heterocycles. The van der Waals surface area contributed by atoms with Crippen molar-refractivity contribution < 1.29 is 8.42 Å². The summed E-state index contributed by atoms with van der Waals surface area (Å²) in [5, 5.41) is 1.75. The monoisotopic (exact) mass is 331 g/mol. The van der Waals surface area contributed by atoms with Gasteiger partial charge in [-0.2, -0.15) is 0 Å². The SMILES string of the molecule is Nc1cc(Br)cc(CS(=O)(=O)c2cccs2)c1. The first-order valence-corrected chi connectivity index (χ1v) is 8.11. The highest BCUT2D eigenvalue weighted by Gasteiger charge is 2.16. The molecule has 0 aliphatic rings. The van der Waals surface area contributed by atoms with E-state index in [1.165, 1.54) is 11.3 Å². The molecule has 2 rings (SSSR count). The fourth-order valence-electron chi connectivity index (χ4n) is 1.49. The Kier molecular flexibility index (Phi) is 3.56. The molecule has 2 aromatic rings. The summed E-state index contributed by atoms with van der Waals surface area (Å²) >= 11 is 4.52. The summed E-state index contributed by atoms with van der Waals surface area (Å²) in [6.07, 6.45) is 0. The smallest absolute Gasteiger partial charge is 0.191 e. The fraction of sp³-hybridized carbons (Fsp3) is 0.0909. The molecular weight excluding hydrogens is 322 g/mol. The Morgan fingerprint density at radius 3 is 2.65 bits per heavy atom. The van der Waals surface area contributed by atoms with Gasteiger partial charge in [0.05, 0.1) is 5.75 Å². The summed E-state index contributed by atoms with van der Waals surface area (Å²) in [5.41, 5.74) is 6.91. The van der Waals surface area contributed by atoms with Crippen molar-refractivity contribution in [2.75, 3.05) is 5.73 Å². The van der Waals surface area contributed by atoms with Crippen LogP contribution in [-0.4, -0.2) is 8.42 Å². The molecule has 0 spiro atoms. The van der Waals surface area contributed by atoms with Crippen molar-refractivity contribution in [1.29, 1.82) is 0 Å². The Morgan fingerprint density at radius 2 is 2.06 bits per heavy atom. The Balaban J connectivity index is 2.33. The molecule has 0 unspecified atom stereocenters.